The smallest absolute Gasteiger partial charge is 0.136 e. The standard InChI is InChI=1S/C22H19NO/c1-3-6-14-9-10-16-20(13-14)24-19-12-11-18-21(22(16)19)15-7-4-5-8-17(15)23(18)2/h4-5,7-13H,3,6H2,1-2H3. The predicted octanol–water partition coefficient (Wildman–Crippen LogP) is 6.18. The molecule has 2 heterocycles. The Morgan fingerprint density at radius 2 is 1.71 bits per heavy atom. The van der Waals surface area contributed by atoms with E-state index in [4.69, 9.17) is 4.42 Å². The van der Waals surface area contributed by atoms with Crippen LogP contribution in [0.3, 0.4) is 0 Å². The molecule has 0 saturated heterocycles. The molecule has 0 atom stereocenters. The molecule has 0 saturated carbocycles. The van der Waals surface area contributed by atoms with E-state index in [1.54, 1.807) is 0 Å². The van der Waals surface area contributed by atoms with Crippen LogP contribution in [0.25, 0.3) is 43.7 Å². The zero-order valence-electron chi connectivity index (χ0n) is 14.0. The fraction of sp³-hybridized carbons (Fsp3) is 0.182. The molecule has 2 nitrogen and oxygen atoms in total. The molecule has 0 aliphatic heterocycles. The second kappa shape index (κ2) is 4.88. The van der Waals surface area contributed by atoms with Crippen LogP contribution in [0.2, 0.25) is 0 Å². The highest BCUT2D eigenvalue weighted by Crippen LogP contribution is 2.39. The number of para-hydroxylation sites is 1. The average molecular weight is 313 g/mol. The summed E-state index contributed by atoms with van der Waals surface area (Å²) in [6.07, 6.45) is 2.25. The monoisotopic (exact) mass is 313 g/mol. The number of hydrogen-bond acceptors (Lipinski definition) is 1. The lowest BCUT2D eigenvalue weighted by Crippen LogP contribution is -1.85. The third-order valence-electron chi connectivity index (χ3n) is 5.12. The van der Waals surface area contributed by atoms with Gasteiger partial charge >= 0.3 is 0 Å². The largest absolute Gasteiger partial charge is 0.456 e. The first-order valence-corrected chi connectivity index (χ1v) is 8.59. The van der Waals surface area contributed by atoms with Gasteiger partial charge in [0.1, 0.15) is 11.2 Å². The van der Waals surface area contributed by atoms with Crippen molar-refractivity contribution >= 4 is 43.7 Å². The van der Waals surface area contributed by atoms with Crippen LogP contribution in [0, 0.1) is 0 Å². The van der Waals surface area contributed by atoms with Crippen molar-refractivity contribution in [2.45, 2.75) is 19.8 Å². The molecule has 0 fully saturated rings. The Bertz CT molecular complexity index is 1220. The number of furan rings is 1. The van der Waals surface area contributed by atoms with Crippen molar-refractivity contribution < 1.29 is 4.42 Å². The van der Waals surface area contributed by atoms with Gasteiger partial charge in [-0.15, -0.1) is 0 Å². The van der Waals surface area contributed by atoms with Crippen molar-refractivity contribution in [3.63, 3.8) is 0 Å². The summed E-state index contributed by atoms with van der Waals surface area (Å²) in [5, 5.41) is 5.04. The van der Waals surface area contributed by atoms with Crippen LogP contribution in [-0.4, -0.2) is 4.57 Å². The quantitative estimate of drug-likeness (QED) is 0.380. The summed E-state index contributed by atoms with van der Waals surface area (Å²) in [4.78, 5) is 0. The lowest BCUT2D eigenvalue weighted by atomic mass is 10.0. The molecule has 24 heavy (non-hydrogen) atoms. The van der Waals surface area contributed by atoms with Gasteiger partial charge in [-0.1, -0.05) is 43.7 Å². The number of rotatable bonds is 2. The lowest BCUT2D eigenvalue weighted by molar-refractivity contribution is 0.668. The number of aromatic nitrogens is 1. The van der Waals surface area contributed by atoms with Gasteiger partial charge in [-0.25, -0.2) is 0 Å². The van der Waals surface area contributed by atoms with Gasteiger partial charge in [0.15, 0.2) is 0 Å². The molecule has 0 aliphatic rings. The third-order valence-corrected chi connectivity index (χ3v) is 5.12. The molecule has 0 N–H and O–H groups in total. The lowest BCUT2D eigenvalue weighted by Gasteiger charge is -1.98. The Labute approximate surface area is 140 Å². The zero-order chi connectivity index (χ0) is 16.3. The first-order chi connectivity index (χ1) is 11.8. The molecule has 3 aromatic carbocycles. The molecule has 2 aromatic heterocycles. The van der Waals surface area contributed by atoms with Crippen LogP contribution in [0.15, 0.2) is 59.0 Å². The SMILES string of the molecule is CCCc1ccc2c(c1)oc1ccc3c(c4ccccc4n3C)c12. The summed E-state index contributed by atoms with van der Waals surface area (Å²) < 4.78 is 8.47. The van der Waals surface area contributed by atoms with Gasteiger partial charge < -0.3 is 8.98 Å². The molecule has 5 rings (SSSR count). The van der Waals surface area contributed by atoms with Crippen LogP contribution in [-0.2, 0) is 13.5 Å². The summed E-state index contributed by atoms with van der Waals surface area (Å²) in [5.41, 5.74) is 5.83. The van der Waals surface area contributed by atoms with Gasteiger partial charge in [0.2, 0.25) is 0 Å². The van der Waals surface area contributed by atoms with Crippen molar-refractivity contribution in [2.24, 2.45) is 7.05 Å². The first-order valence-electron chi connectivity index (χ1n) is 8.59. The summed E-state index contributed by atoms with van der Waals surface area (Å²) in [7, 11) is 2.14. The van der Waals surface area contributed by atoms with Crippen molar-refractivity contribution in [1.82, 2.24) is 4.57 Å². The average Bonchev–Trinajstić information content (AvgIpc) is 3.11. The maximum absolute atomic E-state index is 6.20. The van der Waals surface area contributed by atoms with Crippen molar-refractivity contribution in [3.05, 3.63) is 60.2 Å². The Morgan fingerprint density at radius 3 is 2.58 bits per heavy atom. The predicted molar refractivity (Wildman–Crippen MR) is 102 cm³/mol. The number of fused-ring (bicyclic) bond motifs is 7. The number of benzene rings is 3. The number of hydrogen-bond donors (Lipinski definition) is 0. The minimum absolute atomic E-state index is 0.975. The molecule has 0 aliphatic carbocycles. The molecule has 0 spiro atoms. The van der Waals surface area contributed by atoms with Gasteiger partial charge in [0.25, 0.3) is 0 Å². The van der Waals surface area contributed by atoms with Crippen LogP contribution in [0.5, 0.6) is 0 Å². The van der Waals surface area contributed by atoms with E-state index in [-0.39, 0.29) is 0 Å². The van der Waals surface area contributed by atoms with Crippen molar-refractivity contribution in [2.75, 3.05) is 0 Å². The minimum atomic E-state index is 0.975. The summed E-state index contributed by atoms with van der Waals surface area (Å²) in [6.45, 7) is 2.21. The van der Waals surface area contributed by atoms with Crippen molar-refractivity contribution in [1.29, 1.82) is 0 Å². The van der Waals surface area contributed by atoms with Gasteiger partial charge in [-0.3, -0.25) is 0 Å². The van der Waals surface area contributed by atoms with E-state index in [2.05, 4.69) is 73.1 Å². The number of nitrogens with zero attached hydrogens (tertiary/aromatic N) is 1. The van der Waals surface area contributed by atoms with Crippen LogP contribution < -0.4 is 0 Å². The van der Waals surface area contributed by atoms with Crippen LogP contribution in [0.4, 0.5) is 0 Å². The molecule has 2 heteroatoms. The number of aryl methyl sites for hydroxylation is 2. The molecular weight excluding hydrogens is 294 g/mol. The van der Waals surface area contributed by atoms with E-state index in [0.717, 1.165) is 24.0 Å². The fourth-order valence-electron chi connectivity index (χ4n) is 4.00. The van der Waals surface area contributed by atoms with Gasteiger partial charge in [0, 0.05) is 39.6 Å². The Kier molecular flexibility index (Phi) is 2.78. The van der Waals surface area contributed by atoms with E-state index < -0.39 is 0 Å². The van der Waals surface area contributed by atoms with E-state index in [9.17, 15) is 0 Å². The highest BCUT2D eigenvalue weighted by atomic mass is 16.3. The Hall–Kier alpha value is -2.74. The third kappa shape index (κ3) is 1.71. The molecular formula is C22H19NO. The Balaban J connectivity index is 1.99. The highest BCUT2D eigenvalue weighted by molar-refractivity contribution is 6.26. The maximum Gasteiger partial charge on any atom is 0.136 e. The molecule has 5 aromatic rings. The fourth-order valence-corrected chi connectivity index (χ4v) is 4.00. The summed E-state index contributed by atoms with van der Waals surface area (Å²) in [6, 6.07) is 19.6. The van der Waals surface area contributed by atoms with Gasteiger partial charge in [-0.05, 0) is 36.2 Å². The topological polar surface area (TPSA) is 18.1 Å². The van der Waals surface area contributed by atoms with Crippen LogP contribution >= 0.6 is 0 Å². The summed E-state index contributed by atoms with van der Waals surface area (Å²) >= 11 is 0. The normalized spacial score (nSPS) is 12.1. The van der Waals surface area contributed by atoms with E-state index in [1.807, 2.05) is 0 Å². The second-order valence-corrected chi connectivity index (χ2v) is 6.59. The van der Waals surface area contributed by atoms with Gasteiger partial charge in [-0.2, -0.15) is 0 Å². The van der Waals surface area contributed by atoms with Crippen molar-refractivity contribution in [3.8, 4) is 0 Å². The summed E-state index contributed by atoms with van der Waals surface area (Å²) in [5.74, 6) is 0. The zero-order valence-corrected chi connectivity index (χ0v) is 14.0. The van der Waals surface area contributed by atoms with E-state index in [1.165, 1.54) is 38.1 Å². The minimum Gasteiger partial charge on any atom is -0.456 e. The van der Waals surface area contributed by atoms with Gasteiger partial charge in [0.05, 0.1) is 0 Å². The van der Waals surface area contributed by atoms with Crippen LogP contribution in [0.1, 0.15) is 18.9 Å². The molecule has 0 unspecified atom stereocenters. The molecule has 0 amide bonds. The van der Waals surface area contributed by atoms with E-state index >= 15 is 0 Å². The highest BCUT2D eigenvalue weighted by Gasteiger charge is 2.16. The molecule has 0 radical (unpaired) electrons. The molecule has 0 bridgehead atoms. The first kappa shape index (κ1) is 13.7. The molecule has 118 valence electrons. The van der Waals surface area contributed by atoms with E-state index in [0.29, 0.717) is 0 Å². The second-order valence-electron chi connectivity index (χ2n) is 6.59. The maximum atomic E-state index is 6.20. The Morgan fingerprint density at radius 1 is 0.833 bits per heavy atom.